The van der Waals surface area contributed by atoms with Crippen LogP contribution < -0.4 is 5.43 Å². The van der Waals surface area contributed by atoms with Gasteiger partial charge in [0.15, 0.2) is 11.2 Å². The molecule has 1 aliphatic rings. The van der Waals surface area contributed by atoms with Crippen molar-refractivity contribution in [3.05, 3.63) is 46.3 Å². The zero-order valence-electron chi connectivity index (χ0n) is 10.2. The highest BCUT2D eigenvalue weighted by Crippen LogP contribution is 2.16. The van der Waals surface area contributed by atoms with Gasteiger partial charge in [-0.2, -0.15) is 0 Å². The second kappa shape index (κ2) is 4.51. The number of hydrogen-bond acceptors (Lipinski definition) is 4. The van der Waals surface area contributed by atoms with Gasteiger partial charge in [-0.05, 0) is 18.6 Å². The molecule has 1 amide bonds. The third-order valence-electron chi connectivity index (χ3n) is 3.30. The maximum absolute atomic E-state index is 12.2. The topological polar surface area (TPSA) is 70.8 Å². The van der Waals surface area contributed by atoms with Crippen molar-refractivity contribution in [2.24, 2.45) is 0 Å². The van der Waals surface area contributed by atoms with Gasteiger partial charge in [0.05, 0.1) is 11.5 Å². The highest BCUT2D eigenvalue weighted by molar-refractivity contribution is 5.93. The van der Waals surface area contributed by atoms with Crippen LogP contribution in [0.3, 0.4) is 0 Å². The summed E-state index contributed by atoms with van der Waals surface area (Å²) in [5.41, 5.74) is 0.169. The van der Waals surface area contributed by atoms with E-state index < -0.39 is 6.10 Å². The van der Waals surface area contributed by atoms with Gasteiger partial charge in [0.2, 0.25) is 0 Å². The largest absolute Gasteiger partial charge is 0.451 e. The Kier molecular flexibility index (Phi) is 2.83. The van der Waals surface area contributed by atoms with Crippen molar-refractivity contribution in [3.8, 4) is 0 Å². The molecule has 0 bridgehead atoms. The lowest BCUT2D eigenvalue weighted by atomic mass is 10.2. The predicted molar refractivity (Wildman–Crippen MR) is 69.0 cm³/mol. The summed E-state index contributed by atoms with van der Waals surface area (Å²) in [5, 5.41) is 9.89. The van der Waals surface area contributed by atoms with Crippen molar-refractivity contribution in [2.45, 2.75) is 12.5 Å². The van der Waals surface area contributed by atoms with E-state index in [0.717, 1.165) is 0 Å². The number of likely N-dealkylation sites (tertiary alicyclic amines) is 1. The van der Waals surface area contributed by atoms with Crippen LogP contribution in [0.1, 0.15) is 17.0 Å². The third-order valence-corrected chi connectivity index (χ3v) is 3.30. The van der Waals surface area contributed by atoms with Crippen molar-refractivity contribution >= 4 is 16.9 Å². The van der Waals surface area contributed by atoms with Gasteiger partial charge in [-0.3, -0.25) is 9.59 Å². The van der Waals surface area contributed by atoms with Crippen LogP contribution in [0.2, 0.25) is 0 Å². The van der Waals surface area contributed by atoms with Gasteiger partial charge in [-0.1, -0.05) is 12.1 Å². The number of benzene rings is 1. The number of β-amino-alcohol motifs (C(OH)–C–C–N with tert-alkyl or cyclic N) is 1. The maximum atomic E-state index is 12.2. The molecule has 19 heavy (non-hydrogen) atoms. The van der Waals surface area contributed by atoms with E-state index in [4.69, 9.17) is 4.42 Å². The molecule has 3 rings (SSSR count). The SMILES string of the molecule is O=C(c1cc(=O)c2ccccc2o1)N1CC[C@@H](O)C1. The number of carbonyl (C=O) groups excluding carboxylic acids is 1. The Morgan fingerprint density at radius 1 is 1.37 bits per heavy atom. The highest BCUT2D eigenvalue weighted by Gasteiger charge is 2.27. The number of nitrogens with zero attached hydrogens (tertiary/aromatic N) is 1. The van der Waals surface area contributed by atoms with E-state index in [1.807, 2.05) is 0 Å². The molecular weight excluding hydrogens is 246 g/mol. The molecule has 2 aromatic rings. The van der Waals surface area contributed by atoms with Gasteiger partial charge in [-0.25, -0.2) is 0 Å². The minimum atomic E-state index is -0.490. The van der Waals surface area contributed by atoms with E-state index in [-0.39, 0.29) is 23.6 Å². The molecule has 1 atom stereocenters. The van der Waals surface area contributed by atoms with Gasteiger partial charge in [0.1, 0.15) is 5.58 Å². The smallest absolute Gasteiger partial charge is 0.289 e. The van der Waals surface area contributed by atoms with Crippen LogP contribution in [0, 0.1) is 0 Å². The fourth-order valence-corrected chi connectivity index (χ4v) is 2.29. The molecular formula is C14H13NO4. The summed E-state index contributed by atoms with van der Waals surface area (Å²) < 4.78 is 5.48. The van der Waals surface area contributed by atoms with Crippen LogP contribution in [0.5, 0.6) is 0 Å². The molecule has 98 valence electrons. The number of hydrogen-bond donors (Lipinski definition) is 1. The van der Waals surface area contributed by atoms with Gasteiger partial charge in [-0.15, -0.1) is 0 Å². The zero-order valence-corrected chi connectivity index (χ0v) is 10.2. The van der Waals surface area contributed by atoms with Crippen LogP contribution in [-0.2, 0) is 0 Å². The Morgan fingerprint density at radius 3 is 2.89 bits per heavy atom. The standard InChI is InChI=1S/C14H13NO4/c16-9-5-6-15(8-9)14(18)13-7-11(17)10-3-1-2-4-12(10)19-13/h1-4,7,9,16H,5-6,8H2/t9-/m1/s1. The fourth-order valence-electron chi connectivity index (χ4n) is 2.29. The second-order valence-corrected chi connectivity index (χ2v) is 4.66. The Bertz CT molecular complexity index is 691. The van der Waals surface area contributed by atoms with Gasteiger partial charge in [0.25, 0.3) is 5.91 Å². The van der Waals surface area contributed by atoms with Gasteiger partial charge < -0.3 is 14.4 Å². The van der Waals surface area contributed by atoms with Crippen LogP contribution in [0.25, 0.3) is 11.0 Å². The van der Waals surface area contributed by atoms with Crippen molar-refractivity contribution in [1.29, 1.82) is 0 Å². The number of rotatable bonds is 1. The summed E-state index contributed by atoms with van der Waals surface area (Å²) in [7, 11) is 0. The highest BCUT2D eigenvalue weighted by atomic mass is 16.3. The Balaban J connectivity index is 2.01. The molecule has 0 unspecified atom stereocenters. The van der Waals surface area contributed by atoms with Crippen LogP contribution in [-0.4, -0.2) is 35.1 Å². The number of amides is 1. The van der Waals surface area contributed by atoms with Gasteiger partial charge in [0, 0.05) is 19.2 Å². The fraction of sp³-hybridized carbons (Fsp3) is 0.286. The number of carbonyl (C=O) groups is 1. The molecule has 1 N–H and O–H groups in total. The molecule has 5 nitrogen and oxygen atoms in total. The lowest BCUT2D eigenvalue weighted by Crippen LogP contribution is -2.30. The van der Waals surface area contributed by atoms with E-state index in [9.17, 15) is 14.7 Å². The summed E-state index contributed by atoms with van der Waals surface area (Å²) in [4.78, 5) is 25.6. The average Bonchev–Trinajstić information content (AvgIpc) is 2.84. The molecule has 0 radical (unpaired) electrons. The molecule has 0 saturated carbocycles. The first kappa shape index (κ1) is 11.9. The lowest BCUT2D eigenvalue weighted by molar-refractivity contribution is 0.0734. The summed E-state index contributed by atoms with van der Waals surface area (Å²) in [5.74, 6) is -0.322. The first-order valence-electron chi connectivity index (χ1n) is 6.15. The minimum absolute atomic E-state index is 0.0257. The molecule has 0 spiro atoms. The minimum Gasteiger partial charge on any atom is -0.451 e. The summed E-state index contributed by atoms with van der Waals surface area (Å²) in [6, 6.07) is 8.04. The van der Waals surface area contributed by atoms with E-state index >= 15 is 0 Å². The number of fused-ring (bicyclic) bond motifs is 1. The van der Waals surface area contributed by atoms with Crippen molar-refractivity contribution in [3.63, 3.8) is 0 Å². The van der Waals surface area contributed by atoms with Crippen molar-refractivity contribution < 1.29 is 14.3 Å². The molecule has 1 aromatic heterocycles. The number of aliphatic hydroxyl groups excluding tert-OH is 1. The zero-order chi connectivity index (χ0) is 13.4. The first-order valence-corrected chi connectivity index (χ1v) is 6.15. The van der Waals surface area contributed by atoms with Crippen LogP contribution in [0.15, 0.2) is 39.5 Å². The summed E-state index contributed by atoms with van der Waals surface area (Å²) in [6.07, 6.45) is 0.0694. The second-order valence-electron chi connectivity index (χ2n) is 4.66. The molecule has 1 saturated heterocycles. The number of para-hydroxylation sites is 1. The van der Waals surface area contributed by atoms with E-state index in [2.05, 4.69) is 0 Å². The average molecular weight is 259 g/mol. The predicted octanol–water partition coefficient (Wildman–Crippen LogP) is 1.000. The number of aliphatic hydroxyl groups is 1. The quantitative estimate of drug-likeness (QED) is 0.829. The normalized spacial score (nSPS) is 19.0. The first-order chi connectivity index (χ1) is 9.15. The maximum Gasteiger partial charge on any atom is 0.289 e. The monoisotopic (exact) mass is 259 g/mol. The summed E-state index contributed by atoms with van der Waals surface area (Å²) in [6.45, 7) is 0.770. The van der Waals surface area contributed by atoms with Gasteiger partial charge >= 0.3 is 0 Å². The van der Waals surface area contributed by atoms with E-state index in [1.54, 1.807) is 24.3 Å². The van der Waals surface area contributed by atoms with Crippen molar-refractivity contribution in [2.75, 3.05) is 13.1 Å². The van der Waals surface area contributed by atoms with Crippen molar-refractivity contribution in [1.82, 2.24) is 4.90 Å². The van der Waals surface area contributed by atoms with Crippen LogP contribution in [0.4, 0.5) is 0 Å². The molecule has 1 aliphatic heterocycles. The Morgan fingerprint density at radius 2 is 2.16 bits per heavy atom. The summed E-state index contributed by atoms with van der Waals surface area (Å²) >= 11 is 0. The van der Waals surface area contributed by atoms with E-state index in [1.165, 1.54) is 11.0 Å². The molecule has 1 aromatic carbocycles. The van der Waals surface area contributed by atoms with Crippen LogP contribution >= 0.6 is 0 Å². The molecule has 2 heterocycles. The Labute approximate surface area is 109 Å². The van der Waals surface area contributed by atoms with E-state index in [0.29, 0.717) is 23.9 Å². The molecule has 5 heteroatoms. The third kappa shape index (κ3) is 2.13. The molecule has 0 aliphatic carbocycles. The lowest BCUT2D eigenvalue weighted by Gasteiger charge is -2.14. The Hall–Kier alpha value is -2.14. The molecule has 1 fully saturated rings.